The molecule has 1 amide bonds. The zero-order chi connectivity index (χ0) is 16.5. The van der Waals surface area contributed by atoms with Crippen LogP contribution in [0.25, 0.3) is 0 Å². The van der Waals surface area contributed by atoms with Gasteiger partial charge in [-0.1, -0.05) is 19.1 Å². The summed E-state index contributed by atoms with van der Waals surface area (Å²) < 4.78 is 13.2. The zero-order valence-corrected chi connectivity index (χ0v) is 13.7. The van der Waals surface area contributed by atoms with E-state index in [1.807, 2.05) is 13.0 Å². The van der Waals surface area contributed by atoms with Crippen LogP contribution in [0, 0.1) is 5.82 Å². The lowest BCUT2D eigenvalue weighted by Gasteiger charge is -2.18. The van der Waals surface area contributed by atoms with Gasteiger partial charge in [-0.25, -0.2) is 9.38 Å². The first-order valence-corrected chi connectivity index (χ1v) is 7.41. The fourth-order valence-electron chi connectivity index (χ4n) is 1.61. The molecule has 0 saturated heterocycles. The van der Waals surface area contributed by atoms with E-state index in [1.54, 1.807) is 20.2 Å². The Kier molecular flexibility index (Phi) is 7.36. The SMILES string of the molecule is CCC(C)NC(=NCc1cccc(F)c1)NCC(=O)N(C)C. The summed E-state index contributed by atoms with van der Waals surface area (Å²) in [6.07, 6.45) is 0.933. The largest absolute Gasteiger partial charge is 0.354 e. The minimum atomic E-state index is -0.278. The van der Waals surface area contributed by atoms with Crippen molar-refractivity contribution in [1.29, 1.82) is 0 Å². The average Bonchev–Trinajstić information content (AvgIpc) is 2.49. The van der Waals surface area contributed by atoms with Gasteiger partial charge in [0, 0.05) is 20.1 Å². The van der Waals surface area contributed by atoms with Crippen LogP contribution < -0.4 is 10.6 Å². The van der Waals surface area contributed by atoms with E-state index in [-0.39, 0.29) is 24.3 Å². The van der Waals surface area contributed by atoms with E-state index < -0.39 is 0 Å². The Morgan fingerprint density at radius 3 is 2.73 bits per heavy atom. The smallest absolute Gasteiger partial charge is 0.241 e. The number of halogens is 1. The highest BCUT2D eigenvalue weighted by atomic mass is 19.1. The van der Waals surface area contributed by atoms with E-state index in [0.29, 0.717) is 12.5 Å². The Labute approximate surface area is 131 Å². The summed E-state index contributed by atoms with van der Waals surface area (Å²) in [6.45, 7) is 4.61. The topological polar surface area (TPSA) is 56.7 Å². The minimum Gasteiger partial charge on any atom is -0.354 e. The molecule has 2 N–H and O–H groups in total. The lowest BCUT2D eigenvalue weighted by Crippen LogP contribution is -2.45. The summed E-state index contributed by atoms with van der Waals surface area (Å²) in [7, 11) is 3.41. The van der Waals surface area contributed by atoms with Crippen LogP contribution in [0.1, 0.15) is 25.8 Å². The van der Waals surface area contributed by atoms with Crippen molar-refractivity contribution in [2.45, 2.75) is 32.9 Å². The number of nitrogens with one attached hydrogen (secondary N) is 2. The number of aliphatic imine (C=N–C) groups is 1. The van der Waals surface area contributed by atoms with Crippen LogP contribution in [0.4, 0.5) is 4.39 Å². The van der Waals surface area contributed by atoms with E-state index in [9.17, 15) is 9.18 Å². The molecule has 0 spiro atoms. The molecular weight excluding hydrogens is 283 g/mol. The van der Waals surface area contributed by atoms with E-state index in [2.05, 4.69) is 22.5 Å². The van der Waals surface area contributed by atoms with Gasteiger partial charge in [-0.2, -0.15) is 0 Å². The Morgan fingerprint density at radius 1 is 1.41 bits per heavy atom. The molecule has 0 heterocycles. The molecule has 1 unspecified atom stereocenters. The third-order valence-electron chi connectivity index (χ3n) is 3.21. The Hall–Kier alpha value is -2.11. The number of amides is 1. The monoisotopic (exact) mass is 308 g/mol. The number of hydrogen-bond acceptors (Lipinski definition) is 2. The highest BCUT2D eigenvalue weighted by Gasteiger charge is 2.08. The van der Waals surface area contributed by atoms with Gasteiger partial charge in [0.05, 0.1) is 13.1 Å². The number of guanidine groups is 1. The van der Waals surface area contributed by atoms with Crippen LogP contribution in [-0.4, -0.2) is 43.4 Å². The number of carbonyl (C=O) groups excluding carboxylic acids is 1. The summed E-state index contributed by atoms with van der Waals surface area (Å²) in [6, 6.07) is 6.56. The number of benzene rings is 1. The zero-order valence-electron chi connectivity index (χ0n) is 13.7. The molecule has 0 saturated carbocycles. The van der Waals surface area contributed by atoms with Crippen molar-refractivity contribution in [1.82, 2.24) is 15.5 Å². The van der Waals surface area contributed by atoms with Crippen molar-refractivity contribution in [3.05, 3.63) is 35.6 Å². The van der Waals surface area contributed by atoms with Crippen LogP contribution in [0.3, 0.4) is 0 Å². The van der Waals surface area contributed by atoms with Gasteiger partial charge in [-0.05, 0) is 31.0 Å². The summed E-state index contributed by atoms with van der Waals surface area (Å²) in [5.74, 6) is 0.234. The van der Waals surface area contributed by atoms with Crippen molar-refractivity contribution in [2.24, 2.45) is 4.99 Å². The lowest BCUT2D eigenvalue weighted by molar-refractivity contribution is -0.127. The molecule has 1 aromatic carbocycles. The van der Waals surface area contributed by atoms with Crippen LogP contribution in [0.5, 0.6) is 0 Å². The third-order valence-corrected chi connectivity index (χ3v) is 3.21. The van der Waals surface area contributed by atoms with Crippen molar-refractivity contribution in [2.75, 3.05) is 20.6 Å². The Morgan fingerprint density at radius 2 is 2.14 bits per heavy atom. The highest BCUT2D eigenvalue weighted by Crippen LogP contribution is 2.04. The maximum absolute atomic E-state index is 13.2. The second-order valence-electron chi connectivity index (χ2n) is 5.39. The third kappa shape index (κ3) is 6.56. The molecule has 0 bridgehead atoms. The first-order valence-electron chi connectivity index (χ1n) is 7.41. The molecule has 0 radical (unpaired) electrons. The van der Waals surface area contributed by atoms with Crippen molar-refractivity contribution in [3.8, 4) is 0 Å². The summed E-state index contributed by atoms with van der Waals surface area (Å²) in [5, 5.41) is 6.23. The van der Waals surface area contributed by atoms with Gasteiger partial charge in [-0.3, -0.25) is 4.79 Å². The van der Waals surface area contributed by atoms with Crippen LogP contribution in [-0.2, 0) is 11.3 Å². The second kappa shape index (κ2) is 9.02. The van der Waals surface area contributed by atoms with Crippen molar-refractivity contribution < 1.29 is 9.18 Å². The predicted molar refractivity (Wildman–Crippen MR) is 87.1 cm³/mol. The Balaban J connectivity index is 2.71. The minimum absolute atomic E-state index is 0.0376. The number of rotatable bonds is 6. The fraction of sp³-hybridized carbons (Fsp3) is 0.500. The summed E-state index contributed by atoms with van der Waals surface area (Å²) >= 11 is 0. The fourth-order valence-corrected chi connectivity index (χ4v) is 1.61. The number of carbonyl (C=O) groups is 1. The van der Waals surface area contributed by atoms with E-state index in [4.69, 9.17) is 0 Å². The number of likely N-dealkylation sites (N-methyl/N-ethyl adjacent to an activating group) is 1. The molecule has 1 atom stereocenters. The van der Waals surface area contributed by atoms with E-state index >= 15 is 0 Å². The van der Waals surface area contributed by atoms with Gasteiger partial charge in [0.1, 0.15) is 5.82 Å². The molecule has 0 aliphatic heterocycles. The van der Waals surface area contributed by atoms with E-state index in [0.717, 1.165) is 12.0 Å². The van der Waals surface area contributed by atoms with E-state index in [1.165, 1.54) is 17.0 Å². The van der Waals surface area contributed by atoms with Gasteiger partial charge < -0.3 is 15.5 Å². The quantitative estimate of drug-likeness (QED) is 0.622. The maximum atomic E-state index is 13.2. The van der Waals surface area contributed by atoms with Gasteiger partial charge in [0.2, 0.25) is 5.91 Å². The lowest BCUT2D eigenvalue weighted by atomic mass is 10.2. The predicted octanol–water partition coefficient (Wildman–Crippen LogP) is 1.75. The molecule has 0 aromatic heterocycles. The summed E-state index contributed by atoms with van der Waals surface area (Å²) in [5.41, 5.74) is 0.782. The van der Waals surface area contributed by atoms with Gasteiger partial charge in [0.25, 0.3) is 0 Å². The molecule has 5 nitrogen and oxygen atoms in total. The molecule has 0 aliphatic carbocycles. The first-order chi connectivity index (χ1) is 10.4. The molecule has 0 fully saturated rings. The molecule has 0 aliphatic rings. The second-order valence-corrected chi connectivity index (χ2v) is 5.39. The van der Waals surface area contributed by atoms with Crippen molar-refractivity contribution in [3.63, 3.8) is 0 Å². The van der Waals surface area contributed by atoms with Gasteiger partial charge in [-0.15, -0.1) is 0 Å². The normalized spacial score (nSPS) is 12.7. The molecule has 6 heteroatoms. The van der Waals surface area contributed by atoms with Crippen LogP contribution in [0.15, 0.2) is 29.3 Å². The van der Waals surface area contributed by atoms with Crippen molar-refractivity contribution >= 4 is 11.9 Å². The standard InChI is InChI=1S/C16H25FN4O/c1-5-12(2)20-16(19-11-15(22)21(3)4)18-10-13-7-6-8-14(17)9-13/h6-9,12H,5,10-11H2,1-4H3,(H2,18,19,20). The maximum Gasteiger partial charge on any atom is 0.241 e. The molecule has 1 aromatic rings. The van der Waals surface area contributed by atoms with Crippen LogP contribution >= 0.6 is 0 Å². The Bertz CT molecular complexity index is 517. The van der Waals surface area contributed by atoms with Gasteiger partial charge in [0.15, 0.2) is 5.96 Å². The number of nitrogens with zero attached hydrogens (tertiary/aromatic N) is 2. The number of hydrogen-bond donors (Lipinski definition) is 2. The molecule has 122 valence electrons. The molecule has 22 heavy (non-hydrogen) atoms. The molecular formula is C16H25FN4O. The van der Waals surface area contributed by atoms with Gasteiger partial charge >= 0.3 is 0 Å². The average molecular weight is 308 g/mol. The summed E-state index contributed by atoms with van der Waals surface area (Å²) in [4.78, 5) is 17.6. The first kappa shape index (κ1) is 17.9. The highest BCUT2D eigenvalue weighted by molar-refractivity contribution is 5.86. The molecule has 1 rings (SSSR count). The van der Waals surface area contributed by atoms with Crippen LogP contribution in [0.2, 0.25) is 0 Å².